The van der Waals surface area contributed by atoms with E-state index in [4.69, 9.17) is 0 Å². The van der Waals surface area contributed by atoms with E-state index in [1.165, 1.54) is 11.8 Å². The summed E-state index contributed by atoms with van der Waals surface area (Å²) in [7, 11) is 0. The zero-order chi connectivity index (χ0) is 8.97. The van der Waals surface area contributed by atoms with E-state index in [0.29, 0.717) is 0 Å². The number of halogens is 1. The van der Waals surface area contributed by atoms with Gasteiger partial charge in [0, 0.05) is 18.3 Å². The number of rotatable bonds is 3. The quantitative estimate of drug-likeness (QED) is 0.872. The van der Waals surface area contributed by atoms with Gasteiger partial charge in [-0.25, -0.2) is 0 Å². The van der Waals surface area contributed by atoms with Gasteiger partial charge in [0.25, 0.3) is 0 Å². The van der Waals surface area contributed by atoms with Crippen molar-refractivity contribution in [3.63, 3.8) is 0 Å². The van der Waals surface area contributed by atoms with Gasteiger partial charge in [-0.15, -0.1) is 11.3 Å². The minimum atomic E-state index is 0.0330. The van der Waals surface area contributed by atoms with Crippen LogP contribution in [0.2, 0.25) is 0 Å². The molecule has 4 heteroatoms. The Hall–Kier alpha value is -0.350. The van der Waals surface area contributed by atoms with E-state index in [1.807, 2.05) is 6.07 Å². The van der Waals surface area contributed by atoms with Crippen molar-refractivity contribution in [3.05, 3.63) is 20.8 Å². The van der Waals surface area contributed by atoms with Crippen LogP contribution in [0.1, 0.15) is 11.8 Å². The summed E-state index contributed by atoms with van der Waals surface area (Å²) in [4.78, 5) is 11.8. The van der Waals surface area contributed by atoms with Crippen molar-refractivity contribution in [1.29, 1.82) is 0 Å². The third kappa shape index (κ3) is 3.36. The lowest BCUT2D eigenvalue weighted by Gasteiger charge is -1.98. The molecule has 1 aromatic heterocycles. The Morgan fingerprint density at radius 3 is 2.92 bits per heavy atom. The van der Waals surface area contributed by atoms with Crippen LogP contribution in [0, 0.1) is 0 Å². The van der Waals surface area contributed by atoms with E-state index in [-0.39, 0.29) is 5.91 Å². The van der Waals surface area contributed by atoms with E-state index >= 15 is 0 Å². The average Bonchev–Trinajstić information content (AvgIpc) is 2.35. The second kappa shape index (κ2) is 4.62. The van der Waals surface area contributed by atoms with Crippen molar-refractivity contribution in [2.24, 2.45) is 0 Å². The molecule has 0 atom stereocenters. The molecule has 0 bridgehead atoms. The molecule has 1 amide bonds. The highest BCUT2D eigenvalue weighted by Gasteiger charge is 1.97. The van der Waals surface area contributed by atoms with Gasteiger partial charge in [0.2, 0.25) is 5.91 Å². The van der Waals surface area contributed by atoms with Crippen LogP contribution in [0.5, 0.6) is 0 Å². The van der Waals surface area contributed by atoms with Crippen LogP contribution in [0.3, 0.4) is 0 Å². The van der Waals surface area contributed by atoms with Crippen molar-refractivity contribution in [1.82, 2.24) is 5.32 Å². The van der Waals surface area contributed by atoms with E-state index in [9.17, 15) is 4.79 Å². The minimum absolute atomic E-state index is 0.0330. The van der Waals surface area contributed by atoms with E-state index in [0.717, 1.165) is 16.8 Å². The lowest BCUT2D eigenvalue weighted by Crippen LogP contribution is -2.21. The molecule has 0 spiro atoms. The Kier molecular flexibility index (Phi) is 3.75. The smallest absolute Gasteiger partial charge is 0.216 e. The number of carbonyl (C=O) groups is 1. The number of nitrogens with one attached hydrogen (secondary N) is 1. The zero-order valence-corrected chi connectivity index (χ0v) is 9.17. The maximum atomic E-state index is 10.5. The first kappa shape index (κ1) is 9.74. The first-order chi connectivity index (χ1) is 5.68. The monoisotopic (exact) mass is 247 g/mol. The SMILES string of the molecule is CC(=O)NCCc1ccc(Br)s1. The van der Waals surface area contributed by atoms with Crippen molar-refractivity contribution < 1.29 is 4.79 Å². The number of amides is 1. The van der Waals surface area contributed by atoms with Gasteiger partial charge in [-0.2, -0.15) is 0 Å². The molecule has 1 rings (SSSR count). The number of hydrogen-bond donors (Lipinski definition) is 1. The molecule has 66 valence electrons. The van der Waals surface area contributed by atoms with Gasteiger partial charge >= 0.3 is 0 Å². The number of carbonyl (C=O) groups excluding carboxylic acids is 1. The molecule has 0 aliphatic rings. The third-order valence-corrected chi connectivity index (χ3v) is 3.06. The van der Waals surface area contributed by atoms with Gasteiger partial charge in [0.1, 0.15) is 0 Å². The summed E-state index contributed by atoms with van der Waals surface area (Å²) < 4.78 is 1.14. The Morgan fingerprint density at radius 1 is 1.67 bits per heavy atom. The topological polar surface area (TPSA) is 29.1 Å². The molecule has 0 aliphatic heterocycles. The molecule has 0 fully saturated rings. The summed E-state index contributed by atoms with van der Waals surface area (Å²) in [5, 5.41) is 2.76. The summed E-state index contributed by atoms with van der Waals surface area (Å²) in [5.41, 5.74) is 0. The second-order valence-corrected chi connectivity index (χ2v) is 4.99. The average molecular weight is 248 g/mol. The Bertz CT molecular complexity index is 272. The standard InChI is InChI=1S/C8H10BrNOS/c1-6(11)10-5-4-7-2-3-8(9)12-7/h2-3H,4-5H2,1H3,(H,10,11). The van der Waals surface area contributed by atoms with Gasteiger partial charge in [0.05, 0.1) is 3.79 Å². The van der Waals surface area contributed by atoms with Crippen LogP contribution < -0.4 is 5.32 Å². The highest BCUT2D eigenvalue weighted by Crippen LogP contribution is 2.21. The van der Waals surface area contributed by atoms with E-state index in [2.05, 4.69) is 27.3 Å². The highest BCUT2D eigenvalue weighted by atomic mass is 79.9. The van der Waals surface area contributed by atoms with Crippen LogP contribution >= 0.6 is 27.3 Å². The molecule has 0 radical (unpaired) electrons. The third-order valence-electron chi connectivity index (χ3n) is 1.37. The van der Waals surface area contributed by atoms with E-state index in [1.54, 1.807) is 11.3 Å². The normalized spacial score (nSPS) is 9.83. The predicted octanol–water partition coefficient (Wildman–Crippen LogP) is 2.19. The Balaban J connectivity index is 2.29. The van der Waals surface area contributed by atoms with Crippen LogP contribution in [0.4, 0.5) is 0 Å². The van der Waals surface area contributed by atoms with Crippen LogP contribution in [-0.2, 0) is 11.2 Å². The molecular weight excluding hydrogens is 238 g/mol. The van der Waals surface area contributed by atoms with Gasteiger partial charge in [-0.1, -0.05) is 0 Å². The van der Waals surface area contributed by atoms with Crippen molar-refractivity contribution in [2.75, 3.05) is 6.54 Å². The van der Waals surface area contributed by atoms with Crippen molar-refractivity contribution in [3.8, 4) is 0 Å². The maximum absolute atomic E-state index is 10.5. The molecule has 2 nitrogen and oxygen atoms in total. The molecule has 1 heterocycles. The van der Waals surface area contributed by atoms with Crippen LogP contribution in [0.25, 0.3) is 0 Å². The molecule has 0 saturated heterocycles. The summed E-state index contributed by atoms with van der Waals surface area (Å²) in [5.74, 6) is 0.0330. The molecule has 0 aromatic carbocycles. The second-order valence-electron chi connectivity index (χ2n) is 2.44. The first-order valence-electron chi connectivity index (χ1n) is 3.67. The molecule has 1 N–H and O–H groups in total. The molecule has 12 heavy (non-hydrogen) atoms. The van der Waals surface area contributed by atoms with Gasteiger partial charge in [-0.05, 0) is 34.5 Å². The molecule has 0 aliphatic carbocycles. The van der Waals surface area contributed by atoms with Crippen molar-refractivity contribution >= 4 is 33.2 Å². The largest absolute Gasteiger partial charge is 0.356 e. The first-order valence-corrected chi connectivity index (χ1v) is 5.28. The van der Waals surface area contributed by atoms with Crippen molar-refractivity contribution in [2.45, 2.75) is 13.3 Å². The Morgan fingerprint density at radius 2 is 2.42 bits per heavy atom. The fourth-order valence-electron chi connectivity index (χ4n) is 0.848. The summed E-state index contributed by atoms with van der Waals surface area (Å²) in [6.45, 7) is 2.26. The molecule has 0 saturated carbocycles. The summed E-state index contributed by atoms with van der Waals surface area (Å²) in [6, 6.07) is 4.09. The minimum Gasteiger partial charge on any atom is -0.356 e. The van der Waals surface area contributed by atoms with Gasteiger partial charge in [0.15, 0.2) is 0 Å². The summed E-state index contributed by atoms with van der Waals surface area (Å²) in [6.07, 6.45) is 0.913. The zero-order valence-electron chi connectivity index (χ0n) is 6.76. The molecule has 1 aromatic rings. The van der Waals surface area contributed by atoms with Crippen LogP contribution in [-0.4, -0.2) is 12.5 Å². The lowest BCUT2D eigenvalue weighted by molar-refractivity contribution is -0.118. The number of thiophene rings is 1. The molecule has 0 unspecified atom stereocenters. The summed E-state index contributed by atoms with van der Waals surface area (Å²) >= 11 is 5.09. The molecular formula is C8H10BrNOS. The van der Waals surface area contributed by atoms with Crippen LogP contribution in [0.15, 0.2) is 15.9 Å². The Labute approximate surface area is 84.1 Å². The highest BCUT2D eigenvalue weighted by molar-refractivity contribution is 9.11. The van der Waals surface area contributed by atoms with Gasteiger partial charge < -0.3 is 5.32 Å². The van der Waals surface area contributed by atoms with Gasteiger partial charge in [-0.3, -0.25) is 4.79 Å². The maximum Gasteiger partial charge on any atom is 0.216 e. The van der Waals surface area contributed by atoms with E-state index < -0.39 is 0 Å². The number of hydrogen-bond acceptors (Lipinski definition) is 2. The lowest BCUT2D eigenvalue weighted by atomic mass is 10.3. The predicted molar refractivity (Wildman–Crippen MR) is 54.4 cm³/mol. The fraction of sp³-hybridized carbons (Fsp3) is 0.375. The fourth-order valence-corrected chi connectivity index (χ4v) is 2.33.